The highest BCUT2D eigenvalue weighted by Gasteiger charge is 2.22. The quantitative estimate of drug-likeness (QED) is 0.864. The van der Waals surface area contributed by atoms with Crippen LogP contribution in [0.1, 0.15) is 35.9 Å². The van der Waals surface area contributed by atoms with Gasteiger partial charge in [-0.05, 0) is 20.8 Å². The average molecular weight is 244 g/mol. The fourth-order valence-corrected chi connectivity index (χ4v) is 2.19. The van der Waals surface area contributed by atoms with Crippen LogP contribution in [0.4, 0.5) is 0 Å². The molecule has 0 fully saturated rings. The Morgan fingerprint density at radius 1 is 1.56 bits per heavy atom. The Morgan fingerprint density at radius 3 is 2.50 bits per heavy atom. The summed E-state index contributed by atoms with van der Waals surface area (Å²) < 4.78 is 13.0. The molecule has 1 rings (SSSR count). The number of nitrogens with zero attached hydrogens (tertiary/aromatic N) is 2. The number of aromatic nitrogens is 2. The molecule has 0 spiro atoms. The van der Waals surface area contributed by atoms with Gasteiger partial charge in [-0.1, -0.05) is 0 Å². The van der Waals surface area contributed by atoms with Crippen LogP contribution >= 0.6 is 0 Å². The van der Waals surface area contributed by atoms with Crippen LogP contribution in [0.2, 0.25) is 0 Å². The van der Waals surface area contributed by atoms with Gasteiger partial charge in [-0.25, -0.2) is 4.79 Å². The van der Waals surface area contributed by atoms with E-state index in [2.05, 4.69) is 5.10 Å². The molecule has 3 unspecified atom stereocenters. The number of rotatable bonds is 4. The zero-order chi connectivity index (χ0) is 12.5. The minimum absolute atomic E-state index is 0.0692. The zero-order valence-corrected chi connectivity index (χ0v) is 10.6. The van der Waals surface area contributed by atoms with E-state index in [-0.39, 0.29) is 16.9 Å². The van der Waals surface area contributed by atoms with Crippen molar-refractivity contribution < 1.29 is 14.1 Å². The van der Waals surface area contributed by atoms with Gasteiger partial charge in [-0.2, -0.15) is 5.10 Å². The molecular weight excluding hydrogens is 228 g/mol. The van der Waals surface area contributed by atoms with E-state index >= 15 is 0 Å². The molecule has 0 aromatic carbocycles. The maximum Gasteiger partial charge on any atom is 0.339 e. The highest BCUT2D eigenvalue weighted by atomic mass is 32.2. The Hall–Kier alpha value is -1.17. The largest absolute Gasteiger partial charge is 0.478 e. The number of hydrogen-bond acceptors (Lipinski definition) is 3. The van der Waals surface area contributed by atoms with Crippen LogP contribution < -0.4 is 0 Å². The summed E-state index contributed by atoms with van der Waals surface area (Å²) in [5.74, 6) is -0.985. The minimum atomic E-state index is -0.985. The van der Waals surface area contributed by atoms with E-state index in [0.717, 1.165) is 0 Å². The van der Waals surface area contributed by atoms with Crippen molar-refractivity contribution in [2.75, 3.05) is 6.26 Å². The molecule has 0 aliphatic heterocycles. The Labute approximate surface area is 96.9 Å². The van der Waals surface area contributed by atoms with Gasteiger partial charge in [-0.3, -0.25) is 8.89 Å². The van der Waals surface area contributed by atoms with E-state index in [9.17, 15) is 9.00 Å². The van der Waals surface area contributed by atoms with Crippen LogP contribution in [0, 0.1) is 6.92 Å². The lowest BCUT2D eigenvalue weighted by Crippen LogP contribution is -2.24. The normalized spacial score (nSPS) is 16.8. The van der Waals surface area contributed by atoms with Gasteiger partial charge >= 0.3 is 5.97 Å². The smallest absolute Gasteiger partial charge is 0.339 e. The fraction of sp³-hybridized carbons (Fsp3) is 0.600. The van der Waals surface area contributed by atoms with Crippen molar-refractivity contribution in [2.45, 2.75) is 32.1 Å². The molecule has 16 heavy (non-hydrogen) atoms. The molecule has 1 aromatic rings. The molecule has 1 N–H and O–H groups in total. The highest BCUT2D eigenvalue weighted by molar-refractivity contribution is 7.84. The van der Waals surface area contributed by atoms with Gasteiger partial charge in [0, 0.05) is 17.1 Å². The van der Waals surface area contributed by atoms with E-state index in [1.807, 2.05) is 13.8 Å². The van der Waals surface area contributed by atoms with E-state index in [1.165, 1.54) is 6.20 Å². The minimum Gasteiger partial charge on any atom is -0.478 e. The van der Waals surface area contributed by atoms with Crippen molar-refractivity contribution in [3.05, 3.63) is 17.5 Å². The lowest BCUT2D eigenvalue weighted by molar-refractivity contribution is 0.0696. The Bertz CT molecular complexity index is 428. The molecule has 5 nitrogen and oxygen atoms in total. The van der Waals surface area contributed by atoms with Gasteiger partial charge in [0.05, 0.1) is 23.2 Å². The predicted molar refractivity (Wildman–Crippen MR) is 62.2 cm³/mol. The number of carbonyl (C=O) groups is 1. The van der Waals surface area contributed by atoms with Crippen LogP contribution in [0.15, 0.2) is 6.20 Å². The topological polar surface area (TPSA) is 72.2 Å². The van der Waals surface area contributed by atoms with Gasteiger partial charge < -0.3 is 5.11 Å². The van der Waals surface area contributed by atoms with E-state index in [0.29, 0.717) is 5.69 Å². The van der Waals surface area contributed by atoms with Crippen LogP contribution in [0.5, 0.6) is 0 Å². The van der Waals surface area contributed by atoms with Crippen molar-refractivity contribution in [2.24, 2.45) is 0 Å². The third-order valence-corrected chi connectivity index (χ3v) is 4.30. The number of carboxylic acids is 1. The molecule has 6 heteroatoms. The molecule has 0 bridgehead atoms. The lowest BCUT2D eigenvalue weighted by atomic mass is 10.2. The van der Waals surface area contributed by atoms with Gasteiger partial charge in [-0.15, -0.1) is 0 Å². The molecule has 1 aromatic heterocycles. The number of aromatic carboxylic acids is 1. The highest BCUT2D eigenvalue weighted by Crippen LogP contribution is 2.18. The molecule has 0 aliphatic rings. The number of carboxylic acid groups (broad SMARTS) is 1. The van der Waals surface area contributed by atoms with Gasteiger partial charge in [0.25, 0.3) is 0 Å². The summed E-state index contributed by atoms with van der Waals surface area (Å²) in [6, 6.07) is -0.0843. The molecule has 0 aliphatic carbocycles. The first-order valence-corrected chi connectivity index (χ1v) is 6.58. The third kappa shape index (κ3) is 2.32. The zero-order valence-electron chi connectivity index (χ0n) is 9.80. The van der Waals surface area contributed by atoms with Gasteiger partial charge in [0.1, 0.15) is 5.56 Å². The first-order chi connectivity index (χ1) is 7.36. The van der Waals surface area contributed by atoms with E-state index in [1.54, 1.807) is 17.9 Å². The summed E-state index contributed by atoms with van der Waals surface area (Å²) in [5.41, 5.74) is 0.790. The van der Waals surface area contributed by atoms with E-state index in [4.69, 9.17) is 5.11 Å². The van der Waals surface area contributed by atoms with Gasteiger partial charge in [0.15, 0.2) is 0 Å². The van der Waals surface area contributed by atoms with Crippen molar-refractivity contribution in [1.29, 1.82) is 0 Å². The SMILES string of the molecule is Cc1c(C(=O)O)cnn1C(C)C(C)S(C)=O. The predicted octanol–water partition coefficient (Wildman–Crippen LogP) is 1.22. The first kappa shape index (κ1) is 12.9. The van der Waals surface area contributed by atoms with Crippen molar-refractivity contribution in [3.63, 3.8) is 0 Å². The molecule has 0 saturated carbocycles. The van der Waals surface area contributed by atoms with Gasteiger partial charge in [0.2, 0.25) is 0 Å². The second kappa shape index (κ2) is 4.78. The Balaban J connectivity index is 3.06. The monoisotopic (exact) mass is 244 g/mol. The van der Waals surface area contributed by atoms with Crippen LogP contribution in [0.25, 0.3) is 0 Å². The number of hydrogen-bond donors (Lipinski definition) is 1. The summed E-state index contributed by atoms with van der Waals surface area (Å²) in [7, 11) is -0.959. The second-order valence-electron chi connectivity index (χ2n) is 3.84. The van der Waals surface area contributed by atoms with Crippen molar-refractivity contribution in [3.8, 4) is 0 Å². The fourth-order valence-electron chi connectivity index (χ4n) is 1.52. The average Bonchev–Trinajstić information content (AvgIpc) is 2.57. The molecule has 1 heterocycles. The van der Waals surface area contributed by atoms with Crippen molar-refractivity contribution in [1.82, 2.24) is 9.78 Å². The molecule has 0 saturated heterocycles. The summed E-state index contributed by atoms with van der Waals surface area (Å²) in [4.78, 5) is 10.8. The summed E-state index contributed by atoms with van der Waals surface area (Å²) in [6.07, 6.45) is 2.97. The summed E-state index contributed by atoms with van der Waals surface area (Å²) in [5, 5.41) is 12.9. The second-order valence-corrected chi connectivity index (χ2v) is 5.58. The standard InChI is InChI=1S/C10H16N2O3S/c1-6(8(3)16(4)15)12-7(2)9(5-11-12)10(13)14/h5-6,8H,1-4H3,(H,13,14). The summed E-state index contributed by atoms with van der Waals surface area (Å²) >= 11 is 0. The van der Waals surface area contributed by atoms with E-state index < -0.39 is 16.8 Å². The third-order valence-electron chi connectivity index (χ3n) is 2.86. The van der Waals surface area contributed by atoms with Crippen molar-refractivity contribution >= 4 is 16.8 Å². The molecule has 3 atom stereocenters. The first-order valence-electron chi connectivity index (χ1n) is 4.96. The molecule has 0 radical (unpaired) electrons. The summed E-state index contributed by atoms with van der Waals surface area (Å²) in [6.45, 7) is 5.46. The Morgan fingerprint density at radius 2 is 2.12 bits per heavy atom. The maximum atomic E-state index is 11.4. The Kier molecular flexibility index (Phi) is 3.85. The molecule has 90 valence electrons. The van der Waals surface area contributed by atoms with Crippen LogP contribution in [-0.2, 0) is 10.8 Å². The maximum absolute atomic E-state index is 11.4. The lowest BCUT2D eigenvalue weighted by Gasteiger charge is -2.19. The van der Waals surface area contributed by atoms with Crippen LogP contribution in [-0.4, -0.2) is 36.6 Å². The molecule has 0 amide bonds. The molecular formula is C10H16N2O3S. The van der Waals surface area contributed by atoms with Crippen LogP contribution in [0.3, 0.4) is 0 Å².